The monoisotopic (exact) mass is 367 g/mol. The number of thiazole rings is 1. The number of aromatic nitrogens is 3. The molecule has 1 aliphatic heterocycles. The minimum Gasteiger partial charge on any atom is -0.302 e. The lowest BCUT2D eigenvalue weighted by Gasteiger charge is -2.14. The standard InChI is InChI=1S/C16H19F2N5OS/c1-10(24)21-16-22-15(18)13(25-16)9-23-5-4-11(8-23)2-3-14-19-6-12(17)7-20-14/h6-7,11H,2-5,8-9H2,1H3,(H,21,22,24)/t11-/m0/s1. The highest BCUT2D eigenvalue weighted by Gasteiger charge is 2.24. The maximum Gasteiger partial charge on any atom is 0.230 e. The molecule has 1 fully saturated rings. The van der Waals surface area contributed by atoms with Crippen LogP contribution in [-0.2, 0) is 17.8 Å². The van der Waals surface area contributed by atoms with Gasteiger partial charge in [0.2, 0.25) is 11.9 Å². The van der Waals surface area contributed by atoms with E-state index in [1.807, 2.05) is 0 Å². The lowest BCUT2D eigenvalue weighted by molar-refractivity contribution is -0.114. The molecule has 134 valence electrons. The first kappa shape index (κ1) is 17.8. The Morgan fingerprint density at radius 1 is 1.40 bits per heavy atom. The number of nitrogens with zero attached hydrogens (tertiary/aromatic N) is 4. The number of carbonyl (C=O) groups is 1. The summed E-state index contributed by atoms with van der Waals surface area (Å²) in [6.07, 6.45) is 5.02. The molecular weight excluding hydrogens is 348 g/mol. The number of halogens is 2. The maximum absolute atomic E-state index is 13.9. The zero-order valence-electron chi connectivity index (χ0n) is 13.8. The second kappa shape index (κ2) is 7.92. The zero-order valence-corrected chi connectivity index (χ0v) is 14.7. The molecule has 1 saturated heterocycles. The highest BCUT2D eigenvalue weighted by molar-refractivity contribution is 7.15. The van der Waals surface area contributed by atoms with Crippen LogP contribution < -0.4 is 5.32 Å². The van der Waals surface area contributed by atoms with Crippen LogP contribution >= 0.6 is 11.3 Å². The second-order valence-electron chi connectivity index (χ2n) is 6.16. The average molecular weight is 367 g/mol. The van der Waals surface area contributed by atoms with Crippen molar-refractivity contribution in [1.82, 2.24) is 19.9 Å². The quantitative estimate of drug-likeness (QED) is 0.850. The van der Waals surface area contributed by atoms with E-state index in [-0.39, 0.29) is 5.91 Å². The fourth-order valence-electron chi connectivity index (χ4n) is 2.93. The summed E-state index contributed by atoms with van der Waals surface area (Å²) in [5.41, 5.74) is 0. The number of rotatable bonds is 6. The summed E-state index contributed by atoms with van der Waals surface area (Å²) in [7, 11) is 0. The van der Waals surface area contributed by atoms with Crippen LogP contribution in [-0.4, -0.2) is 38.8 Å². The maximum atomic E-state index is 13.9. The van der Waals surface area contributed by atoms with Gasteiger partial charge >= 0.3 is 0 Å². The lowest BCUT2D eigenvalue weighted by atomic mass is 10.0. The summed E-state index contributed by atoms with van der Waals surface area (Å²) in [4.78, 5) is 25.4. The van der Waals surface area contributed by atoms with E-state index in [1.165, 1.54) is 30.7 Å². The Hall–Kier alpha value is -2.00. The largest absolute Gasteiger partial charge is 0.302 e. The Morgan fingerprint density at radius 3 is 2.88 bits per heavy atom. The molecule has 0 aliphatic carbocycles. The molecule has 0 radical (unpaired) electrons. The number of amides is 1. The predicted octanol–water partition coefficient (Wildman–Crippen LogP) is 2.62. The minimum absolute atomic E-state index is 0.260. The smallest absolute Gasteiger partial charge is 0.230 e. The van der Waals surface area contributed by atoms with Crippen LogP contribution in [0.1, 0.15) is 30.5 Å². The molecule has 3 rings (SSSR count). The van der Waals surface area contributed by atoms with Gasteiger partial charge in [0.05, 0.1) is 17.3 Å². The number of anilines is 1. The van der Waals surface area contributed by atoms with Crippen molar-refractivity contribution in [3.05, 3.63) is 34.9 Å². The topological polar surface area (TPSA) is 71.0 Å². The van der Waals surface area contributed by atoms with Gasteiger partial charge in [-0.25, -0.2) is 14.4 Å². The Morgan fingerprint density at radius 2 is 2.16 bits per heavy atom. The van der Waals surface area contributed by atoms with Gasteiger partial charge in [0, 0.05) is 26.4 Å². The van der Waals surface area contributed by atoms with Crippen LogP contribution in [0.4, 0.5) is 13.9 Å². The van der Waals surface area contributed by atoms with Gasteiger partial charge in [-0.15, -0.1) is 0 Å². The molecule has 1 amide bonds. The van der Waals surface area contributed by atoms with Gasteiger partial charge in [0.25, 0.3) is 0 Å². The van der Waals surface area contributed by atoms with Crippen molar-refractivity contribution in [3.8, 4) is 0 Å². The van der Waals surface area contributed by atoms with E-state index in [9.17, 15) is 13.6 Å². The van der Waals surface area contributed by atoms with Crippen LogP contribution in [0.5, 0.6) is 0 Å². The van der Waals surface area contributed by atoms with E-state index in [0.717, 1.165) is 25.9 Å². The molecule has 0 saturated carbocycles. The Balaban J connectivity index is 1.48. The summed E-state index contributed by atoms with van der Waals surface area (Å²) in [5.74, 6) is -0.0739. The van der Waals surface area contributed by atoms with E-state index in [4.69, 9.17) is 0 Å². The average Bonchev–Trinajstić information content (AvgIpc) is 3.13. The summed E-state index contributed by atoms with van der Waals surface area (Å²) in [5, 5.41) is 2.81. The van der Waals surface area contributed by atoms with Crippen molar-refractivity contribution in [2.24, 2.45) is 5.92 Å². The van der Waals surface area contributed by atoms with Crippen molar-refractivity contribution < 1.29 is 13.6 Å². The third-order valence-corrected chi connectivity index (χ3v) is 5.05. The predicted molar refractivity (Wildman–Crippen MR) is 90.1 cm³/mol. The number of carbonyl (C=O) groups excluding carboxylic acids is 1. The first-order chi connectivity index (χ1) is 12.0. The molecule has 0 aromatic carbocycles. The highest BCUT2D eigenvalue weighted by Crippen LogP contribution is 2.27. The molecule has 1 atom stereocenters. The third kappa shape index (κ3) is 4.99. The van der Waals surface area contributed by atoms with Gasteiger partial charge in [0.15, 0.2) is 10.9 Å². The van der Waals surface area contributed by atoms with E-state index in [1.54, 1.807) is 0 Å². The Labute approximate surface area is 148 Å². The molecule has 0 spiro atoms. The molecule has 2 aromatic rings. The summed E-state index contributed by atoms with van der Waals surface area (Å²) in [6.45, 7) is 3.62. The number of hydrogen-bond acceptors (Lipinski definition) is 6. The van der Waals surface area contributed by atoms with Gasteiger partial charge in [0.1, 0.15) is 5.82 Å². The van der Waals surface area contributed by atoms with Gasteiger partial charge in [-0.1, -0.05) is 11.3 Å². The van der Waals surface area contributed by atoms with Crippen LogP contribution in [0.2, 0.25) is 0 Å². The van der Waals surface area contributed by atoms with E-state index < -0.39 is 11.8 Å². The van der Waals surface area contributed by atoms with Crippen LogP contribution in [0.15, 0.2) is 12.4 Å². The van der Waals surface area contributed by atoms with Crippen molar-refractivity contribution in [3.63, 3.8) is 0 Å². The molecule has 9 heteroatoms. The molecule has 2 aromatic heterocycles. The first-order valence-electron chi connectivity index (χ1n) is 8.11. The molecule has 3 heterocycles. The molecular formula is C16H19F2N5OS. The normalized spacial score (nSPS) is 17.8. The van der Waals surface area contributed by atoms with Gasteiger partial charge in [-0.05, 0) is 25.3 Å². The molecule has 6 nitrogen and oxygen atoms in total. The fraction of sp³-hybridized carbons (Fsp3) is 0.500. The van der Waals surface area contributed by atoms with Crippen LogP contribution in [0, 0.1) is 17.7 Å². The molecule has 25 heavy (non-hydrogen) atoms. The first-order valence-corrected chi connectivity index (χ1v) is 8.93. The number of aryl methyl sites for hydroxylation is 1. The van der Waals surface area contributed by atoms with Crippen molar-refractivity contribution in [1.29, 1.82) is 0 Å². The summed E-state index contributed by atoms with van der Waals surface area (Å²) >= 11 is 1.17. The number of hydrogen-bond donors (Lipinski definition) is 1. The van der Waals surface area contributed by atoms with Crippen molar-refractivity contribution >= 4 is 22.4 Å². The number of nitrogens with one attached hydrogen (secondary N) is 1. The zero-order chi connectivity index (χ0) is 17.8. The molecule has 1 N–H and O–H groups in total. The SMILES string of the molecule is CC(=O)Nc1nc(F)c(CN2CC[C@H](CCc3ncc(F)cn3)C2)s1. The highest BCUT2D eigenvalue weighted by atomic mass is 32.1. The second-order valence-corrected chi connectivity index (χ2v) is 7.24. The van der Waals surface area contributed by atoms with E-state index in [2.05, 4.69) is 25.2 Å². The van der Waals surface area contributed by atoms with Gasteiger partial charge < -0.3 is 5.32 Å². The van der Waals surface area contributed by atoms with Crippen molar-refractivity contribution in [2.45, 2.75) is 32.7 Å². The Bertz CT molecular complexity index is 737. The lowest BCUT2D eigenvalue weighted by Crippen LogP contribution is -2.20. The van der Waals surface area contributed by atoms with Gasteiger partial charge in [-0.2, -0.15) is 9.37 Å². The van der Waals surface area contributed by atoms with Crippen molar-refractivity contribution in [2.75, 3.05) is 18.4 Å². The van der Waals surface area contributed by atoms with Crippen LogP contribution in [0.3, 0.4) is 0 Å². The van der Waals surface area contributed by atoms with E-state index in [0.29, 0.717) is 34.7 Å². The van der Waals surface area contributed by atoms with E-state index >= 15 is 0 Å². The summed E-state index contributed by atoms with van der Waals surface area (Å²) < 4.78 is 26.7. The molecule has 0 bridgehead atoms. The molecule has 1 aliphatic rings. The molecule has 0 unspecified atom stereocenters. The third-order valence-electron chi connectivity index (χ3n) is 4.12. The summed E-state index contributed by atoms with van der Waals surface area (Å²) in [6, 6.07) is 0. The fourth-order valence-corrected chi connectivity index (χ4v) is 3.86. The van der Waals surface area contributed by atoms with Gasteiger partial charge in [-0.3, -0.25) is 9.69 Å². The number of likely N-dealkylation sites (tertiary alicyclic amines) is 1. The Kier molecular flexibility index (Phi) is 5.64. The minimum atomic E-state index is -0.517. The van der Waals surface area contributed by atoms with Crippen LogP contribution in [0.25, 0.3) is 0 Å².